The molecule has 19 heavy (non-hydrogen) atoms. The lowest BCUT2D eigenvalue weighted by atomic mass is 10.2. The number of aldehydes is 1. The topological polar surface area (TPSA) is 39.2 Å². The molecule has 0 unspecified atom stereocenters. The second-order valence-corrected chi connectivity index (χ2v) is 5.80. The molecule has 1 heterocycles. The number of carbonyl (C=O) groups is 1. The average Bonchev–Trinajstić information content (AvgIpc) is 2.39. The maximum absolute atomic E-state index is 10.7. The lowest BCUT2D eigenvalue weighted by Gasteiger charge is -2.11. The van der Waals surface area contributed by atoms with E-state index < -0.39 is 0 Å². The first kappa shape index (κ1) is 14.5. The summed E-state index contributed by atoms with van der Waals surface area (Å²) in [6.07, 6.45) is 4.00. The minimum absolute atomic E-state index is 0.318. The Balaban J connectivity index is 2.21. The standard InChI is InChI=1S/C13H8Br2ClNO2/c14-10-3-8(6-18)4-11(15)13(10)19-7-9-1-2-17-5-12(9)16/h1-6H,7H2. The van der Waals surface area contributed by atoms with Crippen LogP contribution in [0.15, 0.2) is 39.5 Å². The summed E-state index contributed by atoms with van der Waals surface area (Å²) < 4.78 is 7.12. The van der Waals surface area contributed by atoms with Crippen molar-refractivity contribution in [3.63, 3.8) is 0 Å². The Morgan fingerprint density at radius 3 is 2.58 bits per heavy atom. The van der Waals surface area contributed by atoms with Crippen molar-refractivity contribution in [1.29, 1.82) is 0 Å². The van der Waals surface area contributed by atoms with E-state index in [0.717, 1.165) is 11.8 Å². The Bertz CT molecular complexity index is 596. The molecular formula is C13H8Br2ClNO2. The maximum Gasteiger partial charge on any atom is 0.150 e. The molecule has 0 spiro atoms. The van der Waals surface area contributed by atoms with Gasteiger partial charge in [-0.2, -0.15) is 0 Å². The fraction of sp³-hybridized carbons (Fsp3) is 0.0769. The first-order valence-corrected chi connectivity index (χ1v) is 7.23. The fourth-order valence-corrected chi connectivity index (χ4v) is 3.08. The number of benzene rings is 1. The van der Waals surface area contributed by atoms with Crippen molar-refractivity contribution in [1.82, 2.24) is 4.98 Å². The molecule has 0 amide bonds. The number of aromatic nitrogens is 1. The second-order valence-electron chi connectivity index (χ2n) is 3.69. The van der Waals surface area contributed by atoms with Gasteiger partial charge < -0.3 is 4.74 Å². The summed E-state index contributed by atoms with van der Waals surface area (Å²) in [6, 6.07) is 5.19. The van der Waals surface area contributed by atoms with Gasteiger partial charge in [0.05, 0.1) is 14.0 Å². The quantitative estimate of drug-likeness (QED) is 0.695. The minimum atomic E-state index is 0.318. The second kappa shape index (κ2) is 6.50. The van der Waals surface area contributed by atoms with Gasteiger partial charge in [-0.1, -0.05) is 11.6 Å². The van der Waals surface area contributed by atoms with Gasteiger partial charge in [0.2, 0.25) is 0 Å². The molecule has 2 rings (SSSR count). The Hall–Kier alpha value is -0.910. The lowest BCUT2D eigenvalue weighted by molar-refractivity contribution is 0.112. The predicted octanol–water partition coefficient (Wildman–Crippen LogP) is 4.65. The van der Waals surface area contributed by atoms with Crippen LogP contribution in [0.2, 0.25) is 5.02 Å². The van der Waals surface area contributed by atoms with Gasteiger partial charge in [0.15, 0.2) is 0 Å². The molecule has 0 aliphatic rings. The number of halogens is 3. The van der Waals surface area contributed by atoms with E-state index in [4.69, 9.17) is 16.3 Å². The van der Waals surface area contributed by atoms with Gasteiger partial charge in [0.1, 0.15) is 18.6 Å². The highest BCUT2D eigenvalue weighted by Gasteiger charge is 2.10. The van der Waals surface area contributed by atoms with Crippen molar-refractivity contribution in [2.75, 3.05) is 0 Å². The number of hydrogen-bond acceptors (Lipinski definition) is 3. The molecule has 0 aliphatic heterocycles. The number of ether oxygens (including phenoxy) is 1. The first-order valence-electron chi connectivity index (χ1n) is 5.27. The smallest absolute Gasteiger partial charge is 0.150 e. The van der Waals surface area contributed by atoms with Crippen molar-refractivity contribution in [3.8, 4) is 5.75 Å². The number of rotatable bonds is 4. The average molecular weight is 405 g/mol. The van der Waals surface area contributed by atoms with E-state index in [1.165, 1.54) is 0 Å². The summed E-state index contributed by atoms with van der Waals surface area (Å²) in [5.41, 5.74) is 1.41. The van der Waals surface area contributed by atoms with Crippen LogP contribution in [0.1, 0.15) is 15.9 Å². The van der Waals surface area contributed by atoms with Gasteiger partial charge >= 0.3 is 0 Å². The van der Waals surface area contributed by atoms with Crippen LogP contribution in [0.4, 0.5) is 0 Å². The maximum atomic E-state index is 10.7. The molecule has 1 aromatic carbocycles. The summed E-state index contributed by atoms with van der Waals surface area (Å²) in [6.45, 7) is 0.318. The molecule has 98 valence electrons. The summed E-state index contributed by atoms with van der Waals surface area (Å²) >= 11 is 12.7. The molecule has 0 bridgehead atoms. The monoisotopic (exact) mass is 403 g/mol. The largest absolute Gasteiger partial charge is 0.486 e. The molecule has 0 aliphatic carbocycles. The van der Waals surface area contributed by atoms with Crippen molar-refractivity contribution in [2.45, 2.75) is 6.61 Å². The van der Waals surface area contributed by atoms with Crippen LogP contribution < -0.4 is 4.74 Å². The van der Waals surface area contributed by atoms with Gasteiger partial charge in [-0.3, -0.25) is 9.78 Å². The van der Waals surface area contributed by atoms with Gasteiger partial charge in [-0.15, -0.1) is 0 Å². The molecule has 1 aromatic heterocycles. The normalized spacial score (nSPS) is 10.3. The molecule has 0 saturated carbocycles. The van der Waals surface area contributed by atoms with Crippen molar-refractivity contribution >= 4 is 49.7 Å². The number of nitrogens with zero attached hydrogens (tertiary/aromatic N) is 1. The zero-order valence-electron chi connectivity index (χ0n) is 9.57. The highest BCUT2D eigenvalue weighted by Crippen LogP contribution is 2.35. The molecule has 6 heteroatoms. The summed E-state index contributed by atoms with van der Waals surface area (Å²) in [5.74, 6) is 0.624. The summed E-state index contributed by atoms with van der Waals surface area (Å²) in [4.78, 5) is 14.7. The van der Waals surface area contributed by atoms with Gasteiger partial charge in [-0.25, -0.2) is 0 Å². The van der Waals surface area contributed by atoms with E-state index in [1.54, 1.807) is 30.6 Å². The summed E-state index contributed by atoms with van der Waals surface area (Å²) in [7, 11) is 0. The van der Waals surface area contributed by atoms with Crippen molar-refractivity contribution in [3.05, 3.63) is 55.7 Å². The fourth-order valence-electron chi connectivity index (χ4n) is 1.46. The Labute approximate surface area is 132 Å². The molecule has 0 radical (unpaired) electrons. The predicted molar refractivity (Wildman–Crippen MR) is 80.8 cm³/mol. The number of hydrogen-bond donors (Lipinski definition) is 0. The van der Waals surface area contributed by atoms with Crippen LogP contribution in [-0.2, 0) is 6.61 Å². The van der Waals surface area contributed by atoms with Crippen LogP contribution in [0, 0.1) is 0 Å². The van der Waals surface area contributed by atoms with Gasteiger partial charge in [-0.05, 0) is 50.1 Å². The Morgan fingerprint density at radius 1 is 1.32 bits per heavy atom. The molecule has 2 aromatic rings. The zero-order chi connectivity index (χ0) is 13.8. The van der Waals surface area contributed by atoms with Gasteiger partial charge in [0.25, 0.3) is 0 Å². The third kappa shape index (κ3) is 3.55. The van der Waals surface area contributed by atoms with Gasteiger partial charge in [0, 0.05) is 23.5 Å². The molecule has 0 atom stereocenters. The SMILES string of the molecule is O=Cc1cc(Br)c(OCc2ccncc2Cl)c(Br)c1. The highest BCUT2D eigenvalue weighted by molar-refractivity contribution is 9.11. The Morgan fingerprint density at radius 2 is 2.00 bits per heavy atom. The van der Waals surface area contributed by atoms with E-state index in [-0.39, 0.29) is 0 Å². The third-order valence-electron chi connectivity index (χ3n) is 2.39. The minimum Gasteiger partial charge on any atom is -0.486 e. The van der Waals surface area contributed by atoms with Crippen molar-refractivity contribution in [2.24, 2.45) is 0 Å². The van der Waals surface area contributed by atoms with E-state index in [2.05, 4.69) is 36.8 Å². The Kier molecular flexibility index (Phi) is 4.96. The van der Waals surface area contributed by atoms with Crippen LogP contribution in [0.25, 0.3) is 0 Å². The van der Waals surface area contributed by atoms with Crippen LogP contribution in [-0.4, -0.2) is 11.3 Å². The summed E-state index contributed by atoms with van der Waals surface area (Å²) in [5, 5.41) is 0.555. The van der Waals surface area contributed by atoms with Crippen molar-refractivity contribution < 1.29 is 9.53 Å². The highest BCUT2D eigenvalue weighted by atomic mass is 79.9. The number of pyridine rings is 1. The van der Waals surface area contributed by atoms with Crippen LogP contribution >= 0.6 is 43.5 Å². The van der Waals surface area contributed by atoms with E-state index in [0.29, 0.717) is 31.9 Å². The number of carbonyl (C=O) groups excluding carboxylic acids is 1. The molecule has 0 fully saturated rings. The van der Waals surface area contributed by atoms with E-state index in [1.807, 2.05) is 0 Å². The van der Waals surface area contributed by atoms with E-state index >= 15 is 0 Å². The molecule has 3 nitrogen and oxygen atoms in total. The first-order chi connectivity index (χ1) is 9.11. The molecule has 0 N–H and O–H groups in total. The van der Waals surface area contributed by atoms with E-state index in [9.17, 15) is 4.79 Å². The van der Waals surface area contributed by atoms with Crippen LogP contribution in [0.3, 0.4) is 0 Å². The third-order valence-corrected chi connectivity index (χ3v) is 3.90. The molecular weight excluding hydrogens is 397 g/mol. The van der Waals surface area contributed by atoms with Crippen LogP contribution in [0.5, 0.6) is 5.75 Å². The molecule has 0 saturated heterocycles. The zero-order valence-corrected chi connectivity index (χ0v) is 13.5. The lowest BCUT2D eigenvalue weighted by Crippen LogP contribution is -1.98.